The van der Waals surface area contributed by atoms with E-state index in [1.165, 1.54) is 0 Å². The topological polar surface area (TPSA) is 49.3 Å². The van der Waals surface area contributed by atoms with Crippen LogP contribution in [0.2, 0.25) is 10.0 Å². The second kappa shape index (κ2) is 6.28. The molecular formula is C14H9Cl2F2NO2. The molecule has 2 rings (SSSR count). The van der Waals surface area contributed by atoms with Gasteiger partial charge in [0.05, 0.1) is 11.3 Å². The average molecular weight is 332 g/mol. The van der Waals surface area contributed by atoms with Crippen LogP contribution in [0.1, 0.15) is 15.9 Å². The molecule has 0 aliphatic carbocycles. The highest BCUT2D eigenvalue weighted by atomic mass is 35.5. The second-order valence-corrected chi connectivity index (χ2v) is 5.05. The molecule has 0 spiro atoms. The minimum Gasteiger partial charge on any atom is -0.478 e. The molecule has 0 bridgehead atoms. The van der Waals surface area contributed by atoms with Gasteiger partial charge in [-0.05, 0) is 29.8 Å². The highest BCUT2D eigenvalue weighted by Crippen LogP contribution is 2.24. The van der Waals surface area contributed by atoms with E-state index in [1.54, 1.807) is 18.2 Å². The van der Waals surface area contributed by atoms with Gasteiger partial charge in [0.1, 0.15) is 11.6 Å². The first-order valence-electron chi connectivity index (χ1n) is 5.78. The SMILES string of the molecule is O=C(O)c1cc(NCc2cc(Cl)ccc2Cl)c(F)cc1F. The standard InChI is InChI=1S/C14H9Cl2F2NO2/c15-8-1-2-10(16)7(3-8)6-19-13-4-9(14(20)21)11(17)5-12(13)18/h1-5,19H,6H2,(H,20,21). The Morgan fingerprint density at radius 3 is 2.52 bits per heavy atom. The molecule has 2 aromatic carbocycles. The van der Waals surface area contributed by atoms with E-state index in [1.807, 2.05) is 0 Å². The van der Waals surface area contributed by atoms with Gasteiger partial charge in [-0.2, -0.15) is 0 Å². The molecule has 110 valence electrons. The van der Waals surface area contributed by atoms with Gasteiger partial charge in [0.2, 0.25) is 0 Å². The van der Waals surface area contributed by atoms with Gasteiger partial charge in [0, 0.05) is 22.7 Å². The first-order valence-corrected chi connectivity index (χ1v) is 6.54. The number of aromatic carboxylic acids is 1. The number of halogens is 4. The summed E-state index contributed by atoms with van der Waals surface area (Å²) in [6.07, 6.45) is 0. The lowest BCUT2D eigenvalue weighted by Crippen LogP contribution is -2.07. The summed E-state index contributed by atoms with van der Waals surface area (Å²) >= 11 is 11.8. The average Bonchev–Trinajstić information content (AvgIpc) is 2.41. The fourth-order valence-electron chi connectivity index (χ4n) is 1.72. The van der Waals surface area contributed by atoms with E-state index < -0.39 is 23.2 Å². The predicted molar refractivity (Wildman–Crippen MR) is 77.1 cm³/mol. The lowest BCUT2D eigenvalue weighted by molar-refractivity contribution is 0.0692. The maximum atomic E-state index is 13.6. The Balaban J connectivity index is 2.25. The Bertz CT molecular complexity index is 708. The van der Waals surface area contributed by atoms with Crippen molar-refractivity contribution in [3.05, 3.63) is 63.1 Å². The Morgan fingerprint density at radius 2 is 1.86 bits per heavy atom. The molecule has 0 saturated carbocycles. The zero-order valence-electron chi connectivity index (χ0n) is 10.5. The van der Waals surface area contributed by atoms with Crippen LogP contribution in [0, 0.1) is 11.6 Å². The number of benzene rings is 2. The third-order valence-corrected chi connectivity index (χ3v) is 3.37. The summed E-state index contributed by atoms with van der Waals surface area (Å²) in [5.41, 5.74) is -0.148. The summed E-state index contributed by atoms with van der Waals surface area (Å²) < 4.78 is 26.9. The summed E-state index contributed by atoms with van der Waals surface area (Å²) in [5.74, 6) is -3.50. The molecule has 7 heteroatoms. The molecule has 0 radical (unpaired) electrons. The van der Waals surface area contributed by atoms with E-state index in [0.29, 0.717) is 21.7 Å². The highest BCUT2D eigenvalue weighted by molar-refractivity contribution is 6.33. The molecular weight excluding hydrogens is 323 g/mol. The van der Waals surface area contributed by atoms with E-state index in [0.717, 1.165) is 6.07 Å². The summed E-state index contributed by atoms with van der Waals surface area (Å²) in [6.45, 7) is 0.112. The molecule has 2 N–H and O–H groups in total. The van der Waals surface area contributed by atoms with Crippen LogP contribution in [0.15, 0.2) is 30.3 Å². The van der Waals surface area contributed by atoms with Crippen LogP contribution in [0.3, 0.4) is 0 Å². The first kappa shape index (κ1) is 15.5. The van der Waals surface area contributed by atoms with Crippen molar-refractivity contribution in [2.24, 2.45) is 0 Å². The predicted octanol–water partition coefficient (Wildman–Crippen LogP) is 4.58. The van der Waals surface area contributed by atoms with Crippen molar-refractivity contribution in [1.82, 2.24) is 0 Å². The smallest absolute Gasteiger partial charge is 0.338 e. The maximum absolute atomic E-state index is 13.6. The second-order valence-electron chi connectivity index (χ2n) is 4.21. The van der Waals surface area contributed by atoms with E-state index in [2.05, 4.69) is 5.32 Å². The maximum Gasteiger partial charge on any atom is 0.338 e. The number of hydrogen-bond donors (Lipinski definition) is 2. The summed E-state index contributed by atoms with van der Waals surface area (Å²) in [6, 6.07) is 6.20. The molecule has 0 unspecified atom stereocenters. The van der Waals surface area contributed by atoms with E-state index in [-0.39, 0.29) is 12.2 Å². The number of hydrogen-bond acceptors (Lipinski definition) is 2. The molecule has 3 nitrogen and oxygen atoms in total. The van der Waals surface area contributed by atoms with Crippen LogP contribution < -0.4 is 5.32 Å². The lowest BCUT2D eigenvalue weighted by Gasteiger charge is -2.10. The van der Waals surface area contributed by atoms with Gasteiger partial charge in [0.25, 0.3) is 0 Å². The molecule has 0 atom stereocenters. The lowest BCUT2D eigenvalue weighted by atomic mass is 10.1. The van der Waals surface area contributed by atoms with E-state index in [9.17, 15) is 13.6 Å². The molecule has 0 fully saturated rings. The number of anilines is 1. The van der Waals surface area contributed by atoms with Crippen molar-refractivity contribution < 1.29 is 18.7 Å². The minimum atomic E-state index is -1.48. The molecule has 0 heterocycles. The number of nitrogens with one attached hydrogen (secondary N) is 1. The highest BCUT2D eigenvalue weighted by Gasteiger charge is 2.15. The van der Waals surface area contributed by atoms with Gasteiger partial charge < -0.3 is 10.4 Å². The molecule has 0 aromatic heterocycles. The van der Waals surface area contributed by atoms with Gasteiger partial charge >= 0.3 is 5.97 Å². The Labute approximate surface area is 129 Å². The van der Waals surface area contributed by atoms with Crippen LogP contribution in [0.25, 0.3) is 0 Å². The van der Waals surface area contributed by atoms with Gasteiger partial charge in [-0.3, -0.25) is 0 Å². The molecule has 21 heavy (non-hydrogen) atoms. The van der Waals surface area contributed by atoms with Crippen LogP contribution in [0.4, 0.5) is 14.5 Å². The third kappa shape index (κ3) is 3.62. The van der Waals surface area contributed by atoms with Gasteiger partial charge in [-0.15, -0.1) is 0 Å². The minimum absolute atomic E-state index is 0.112. The monoisotopic (exact) mass is 331 g/mol. The number of carbonyl (C=O) groups is 1. The van der Waals surface area contributed by atoms with Crippen molar-refractivity contribution in [2.75, 3.05) is 5.32 Å². The molecule has 0 aliphatic heterocycles. The number of carboxylic acids is 1. The summed E-state index contributed by atoms with van der Waals surface area (Å²) in [5, 5.41) is 12.4. The van der Waals surface area contributed by atoms with Crippen molar-refractivity contribution in [3.8, 4) is 0 Å². The quantitative estimate of drug-likeness (QED) is 0.861. The molecule has 0 saturated heterocycles. The van der Waals surface area contributed by atoms with Crippen molar-refractivity contribution in [2.45, 2.75) is 6.54 Å². The van der Waals surface area contributed by atoms with E-state index in [4.69, 9.17) is 28.3 Å². The molecule has 2 aromatic rings. The van der Waals surface area contributed by atoms with Crippen molar-refractivity contribution >= 4 is 34.9 Å². The zero-order chi connectivity index (χ0) is 15.6. The normalized spacial score (nSPS) is 10.5. The van der Waals surface area contributed by atoms with Gasteiger partial charge in [-0.1, -0.05) is 23.2 Å². The van der Waals surface area contributed by atoms with Gasteiger partial charge in [0.15, 0.2) is 0 Å². The Morgan fingerprint density at radius 1 is 1.14 bits per heavy atom. The fraction of sp³-hybridized carbons (Fsp3) is 0.0714. The molecule has 0 aliphatic rings. The van der Waals surface area contributed by atoms with Crippen molar-refractivity contribution in [3.63, 3.8) is 0 Å². The Kier molecular flexibility index (Phi) is 4.65. The summed E-state index contributed by atoms with van der Waals surface area (Å²) in [7, 11) is 0. The Hall–Kier alpha value is -1.85. The van der Waals surface area contributed by atoms with Crippen LogP contribution in [0.5, 0.6) is 0 Å². The van der Waals surface area contributed by atoms with Crippen LogP contribution >= 0.6 is 23.2 Å². The zero-order valence-corrected chi connectivity index (χ0v) is 12.0. The van der Waals surface area contributed by atoms with Crippen LogP contribution in [-0.4, -0.2) is 11.1 Å². The van der Waals surface area contributed by atoms with Crippen LogP contribution in [-0.2, 0) is 6.54 Å². The third-order valence-electron chi connectivity index (χ3n) is 2.76. The largest absolute Gasteiger partial charge is 0.478 e. The van der Waals surface area contributed by atoms with Gasteiger partial charge in [-0.25, -0.2) is 13.6 Å². The number of carboxylic acid groups (broad SMARTS) is 1. The number of rotatable bonds is 4. The summed E-state index contributed by atoms with van der Waals surface area (Å²) in [4.78, 5) is 10.8. The molecule has 0 amide bonds. The van der Waals surface area contributed by atoms with Crippen molar-refractivity contribution in [1.29, 1.82) is 0 Å². The first-order chi connectivity index (χ1) is 9.88. The van der Waals surface area contributed by atoms with E-state index >= 15 is 0 Å². The fourth-order valence-corrected chi connectivity index (χ4v) is 2.10.